The number of morpholine rings is 1. The van der Waals surface area contributed by atoms with Crippen molar-refractivity contribution in [1.29, 1.82) is 0 Å². The van der Waals surface area contributed by atoms with Gasteiger partial charge in [-0.05, 0) is 13.3 Å². The normalized spacial score (nSPS) is 20.3. The van der Waals surface area contributed by atoms with E-state index in [-0.39, 0.29) is 5.78 Å². The summed E-state index contributed by atoms with van der Waals surface area (Å²) in [6.07, 6.45) is 0.820. The van der Waals surface area contributed by atoms with Crippen molar-refractivity contribution in [2.45, 2.75) is 25.8 Å². The number of benzene rings is 1. The van der Waals surface area contributed by atoms with Crippen LogP contribution in [-0.4, -0.2) is 42.5 Å². The van der Waals surface area contributed by atoms with Crippen molar-refractivity contribution < 1.29 is 9.53 Å². The molecule has 1 unspecified atom stereocenters. The molecule has 0 amide bonds. The van der Waals surface area contributed by atoms with Crippen LogP contribution in [0.15, 0.2) is 30.3 Å². The summed E-state index contributed by atoms with van der Waals surface area (Å²) in [6, 6.07) is 9.58. The van der Waals surface area contributed by atoms with Crippen molar-refractivity contribution in [2.75, 3.05) is 26.3 Å². The topological polar surface area (TPSA) is 29.5 Å². The van der Waals surface area contributed by atoms with Crippen LogP contribution in [0.4, 0.5) is 0 Å². The average molecular weight is 247 g/mol. The summed E-state index contributed by atoms with van der Waals surface area (Å²) >= 11 is 0. The Morgan fingerprint density at radius 3 is 2.44 bits per heavy atom. The SMILES string of the molecule is CCC(C)(C(=O)c1ccccc1)N1CCOCC1. The molecule has 3 heteroatoms. The number of hydrogen-bond acceptors (Lipinski definition) is 3. The van der Waals surface area contributed by atoms with Crippen molar-refractivity contribution in [3.05, 3.63) is 35.9 Å². The number of Topliss-reactive ketones (excluding diaryl/α,β-unsaturated/α-hetero) is 1. The molecule has 18 heavy (non-hydrogen) atoms. The molecule has 0 bridgehead atoms. The lowest BCUT2D eigenvalue weighted by Gasteiger charge is -2.41. The van der Waals surface area contributed by atoms with Crippen molar-refractivity contribution in [3.8, 4) is 0 Å². The van der Waals surface area contributed by atoms with Gasteiger partial charge in [-0.25, -0.2) is 0 Å². The smallest absolute Gasteiger partial charge is 0.182 e. The van der Waals surface area contributed by atoms with Gasteiger partial charge in [0.25, 0.3) is 0 Å². The van der Waals surface area contributed by atoms with E-state index in [0.717, 1.165) is 38.3 Å². The lowest BCUT2D eigenvalue weighted by molar-refractivity contribution is -0.0106. The molecule has 2 rings (SSSR count). The van der Waals surface area contributed by atoms with Crippen LogP contribution in [0.25, 0.3) is 0 Å². The second kappa shape index (κ2) is 5.63. The second-order valence-corrected chi connectivity index (χ2v) is 4.92. The van der Waals surface area contributed by atoms with Gasteiger partial charge in [0.2, 0.25) is 0 Å². The molecule has 3 nitrogen and oxygen atoms in total. The summed E-state index contributed by atoms with van der Waals surface area (Å²) in [4.78, 5) is 15.0. The lowest BCUT2D eigenvalue weighted by atomic mass is 9.86. The third-order valence-corrected chi connectivity index (χ3v) is 3.92. The minimum atomic E-state index is -0.412. The van der Waals surface area contributed by atoms with E-state index < -0.39 is 5.54 Å². The van der Waals surface area contributed by atoms with E-state index in [0.29, 0.717) is 0 Å². The molecule has 1 aromatic carbocycles. The Labute approximate surface area is 109 Å². The maximum atomic E-state index is 12.7. The monoisotopic (exact) mass is 247 g/mol. The van der Waals surface area contributed by atoms with Crippen molar-refractivity contribution >= 4 is 5.78 Å². The predicted octanol–water partition coefficient (Wildman–Crippen LogP) is 2.37. The number of carbonyl (C=O) groups excluding carboxylic acids is 1. The highest BCUT2D eigenvalue weighted by Gasteiger charge is 2.38. The Morgan fingerprint density at radius 2 is 1.89 bits per heavy atom. The van der Waals surface area contributed by atoms with Gasteiger partial charge in [-0.15, -0.1) is 0 Å². The van der Waals surface area contributed by atoms with Crippen molar-refractivity contribution in [1.82, 2.24) is 4.90 Å². The molecule has 0 aromatic heterocycles. The second-order valence-electron chi connectivity index (χ2n) is 4.92. The van der Waals surface area contributed by atoms with E-state index in [1.54, 1.807) is 0 Å². The predicted molar refractivity (Wildman–Crippen MR) is 71.9 cm³/mol. The summed E-state index contributed by atoms with van der Waals surface area (Å²) in [5, 5.41) is 0. The maximum absolute atomic E-state index is 12.7. The van der Waals surface area contributed by atoms with E-state index in [9.17, 15) is 4.79 Å². The van der Waals surface area contributed by atoms with Crippen molar-refractivity contribution in [2.24, 2.45) is 0 Å². The Hall–Kier alpha value is -1.19. The molecule has 1 fully saturated rings. The standard InChI is InChI=1S/C15H21NO2/c1-3-15(2,16-9-11-18-12-10-16)14(17)13-7-5-4-6-8-13/h4-8H,3,9-12H2,1-2H3. The summed E-state index contributed by atoms with van der Waals surface area (Å²) in [5.74, 6) is 0.215. The number of rotatable bonds is 4. The third-order valence-electron chi connectivity index (χ3n) is 3.92. The first kappa shape index (κ1) is 13.2. The molecular weight excluding hydrogens is 226 g/mol. The third kappa shape index (κ3) is 2.47. The minimum absolute atomic E-state index is 0.215. The van der Waals surface area contributed by atoms with Gasteiger partial charge in [0.15, 0.2) is 5.78 Å². The van der Waals surface area contributed by atoms with Crippen LogP contribution in [0.5, 0.6) is 0 Å². The molecule has 1 atom stereocenters. The summed E-state index contributed by atoms with van der Waals surface area (Å²) < 4.78 is 5.37. The fourth-order valence-corrected chi connectivity index (χ4v) is 2.49. The number of ether oxygens (including phenoxy) is 1. The molecule has 1 heterocycles. The molecular formula is C15H21NO2. The van der Waals surface area contributed by atoms with Crippen LogP contribution < -0.4 is 0 Å². The minimum Gasteiger partial charge on any atom is -0.379 e. The number of ketones is 1. The largest absolute Gasteiger partial charge is 0.379 e. The number of hydrogen-bond donors (Lipinski definition) is 0. The van der Waals surface area contributed by atoms with E-state index in [1.165, 1.54) is 0 Å². The first-order chi connectivity index (χ1) is 8.68. The highest BCUT2D eigenvalue weighted by Crippen LogP contribution is 2.25. The van der Waals surface area contributed by atoms with E-state index >= 15 is 0 Å². The Morgan fingerprint density at radius 1 is 1.28 bits per heavy atom. The number of nitrogens with zero attached hydrogens (tertiary/aromatic N) is 1. The van der Waals surface area contributed by atoms with Gasteiger partial charge in [0.1, 0.15) is 0 Å². The molecule has 0 N–H and O–H groups in total. The van der Waals surface area contributed by atoms with E-state index in [2.05, 4.69) is 11.8 Å². The molecule has 0 spiro atoms. The molecule has 1 aromatic rings. The van der Waals surface area contributed by atoms with Crippen LogP contribution in [-0.2, 0) is 4.74 Å². The Kier molecular flexibility index (Phi) is 4.15. The first-order valence-electron chi connectivity index (χ1n) is 6.61. The molecule has 1 saturated heterocycles. The summed E-state index contributed by atoms with van der Waals surface area (Å²) in [5.41, 5.74) is 0.388. The first-order valence-corrected chi connectivity index (χ1v) is 6.61. The van der Waals surface area contributed by atoms with Gasteiger partial charge in [0, 0.05) is 18.7 Å². The van der Waals surface area contributed by atoms with Gasteiger partial charge < -0.3 is 4.74 Å². The molecule has 98 valence electrons. The highest BCUT2D eigenvalue weighted by molar-refractivity contribution is 6.02. The van der Waals surface area contributed by atoms with Gasteiger partial charge in [-0.1, -0.05) is 37.3 Å². The maximum Gasteiger partial charge on any atom is 0.182 e. The highest BCUT2D eigenvalue weighted by atomic mass is 16.5. The van der Waals surface area contributed by atoms with Crippen LogP contribution in [0, 0.1) is 0 Å². The van der Waals surface area contributed by atoms with Gasteiger partial charge in [-0.3, -0.25) is 9.69 Å². The lowest BCUT2D eigenvalue weighted by Crippen LogP contribution is -2.56. The zero-order valence-electron chi connectivity index (χ0n) is 11.2. The van der Waals surface area contributed by atoms with Crippen LogP contribution in [0.2, 0.25) is 0 Å². The fraction of sp³-hybridized carbons (Fsp3) is 0.533. The van der Waals surface area contributed by atoms with Gasteiger partial charge in [0.05, 0.1) is 18.8 Å². The Balaban J connectivity index is 2.23. The molecule has 1 aliphatic rings. The van der Waals surface area contributed by atoms with Crippen molar-refractivity contribution in [3.63, 3.8) is 0 Å². The van der Waals surface area contributed by atoms with Crippen LogP contribution in [0.3, 0.4) is 0 Å². The fourth-order valence-electron chi connectivity index (χ4n) is 2.49. The van der Waals surface area contributed by atoms with Crippen LogP contribution >= 0.6 is 0 Å². The van der Waals surface area contributed by atoms with Gasteiger partial charge >= 0.3 is 0 Å². The van der Waals surface area contributed by atoms with Gasteiger partial charge in [-0.2, -0.15) is 0 Å². The molecule has 0 saturated carbocycles. The Bertz CT molecular complexity index is 398. The van der Waals surface area contributed by atoms with Crippen LogP contribution in [0.1, 0.15) is 30.6 Å². The van der Waals surface area contributed by atoms with E-state index in [1.807, 2.05) is 37.3 Å². The zero-order valence-corrected chi connectivity index (χ0v) is 11.2. The molecule has 0 radical (unpaired) electrons. The average Bonchev–Trinajstić information content (AvgIpc) is 2.47. The van der Waals surface area contributed by atoms with E-state index in [4.69, 9.17) is 4.74 Å². The zero-order chi connectivity index (χ0) is 13.0. The molecule has 0 aliphatic carbocycles. The quantitative estimate of drug-likeness (QED) is 0.765. The molecule has 1 aliphatic heterocycles. The number of carbonyl (C=O) groups is 1. The summed E-state index contributed by atoms with van der Waals surface area (Å²) in [6.45, 7) is 7.24. The summed E-state index contributed by atoms with van der Waals surface area (Å²) in [7, 11) is 0.